The van der Waals surface area contributed by atoms with Gasteiger partial charge in [-0.05, 0) is 23.8 Å². The maximum Gasteiger partial charge on any atom is 0.265 e. The highest BCUT2D eigenvalue weighted by atomic mass is 16.6. The first-order valence-electron chi connectivity index (χ1n) is 8.42. The largest absolute Gasteiger partial charge is 0.485 e. The second kappa shape index (κ2) is 9.19. The molecule has 0 aliphatic carbocycles. The number of hydrogen-bond acceptors (Lipinski definition) is 5. The van der Waals surface area contributed by atoms with E-state index in [4.69, 9.17) is 9.47 Å². The maximum absolute atomic E-state index is 12.1. The molecule has 2 amide bonds. The molecule has 0 saturated heterocycles. The van der Waals surface area contributed by atoms with Gasteiger partial charge in [-0.2, -0.15) is 5.10 Å². The molecule has 7 nitrogen and oxygen atoms in total. The van der Waals surface area contributed by atoms with Crippen LogP contribution in [0, 0.1) is 0 Å². The lowest BCUT2D eigenvalue weighted by Gasteiger charge is -2.25. The summed E-state index contributed by atoms with van der Waals surface area (Å²) in [5.74, 6) is 0.234. The molecule has 1 aliphatic rings. The molecule has 2 aromatic carbocycles. The number of para-hydroxylation sites is 2. The van der Waals surface area contributed by atoms with Crippen molar-refractivity contribution in [3.63, 3.8) is 0 Å². The minimum absolute atomic E-state index is 0.0902. The number of carbonyl (C=O) groups is 2. The highest BCUT2D eigenvalue weighted by molar-refractivity contribution is 5.88. The minimum Gasteiger partial charge on any atom is -0.485 e. The Kier molecular flexibility index (Phi) is 6.19. The summed E-state index contributed by atoms with van der Waals surface area (Å²) < 4.78 is 11.0. The number of hydrogen-bond donors (Lipinski definition) is 2. The van der Waals surface area contributed by atoms with Crippen molar-refractivity contribution in [3.05, 3.63) is 66.2 Å². The van der Waals surface area contributed by atoms with Crippen LogP contribution in [0.1, 0.15) is 5.56 Å². The number of allylic oxidation sites excluding steroid dienone is 1. The van der Waals surface area contributed by atoms with E-state index in [0.717, 1.165) is 5.56 Å². The molecule has 3 rings (SSSR count). The van der Waals surface area contributed by atoms with Crippen molar-refractivity contribution in [1.82, 2.24) is 10.7 Å². The number of rotatable bonds is 6. The van der Waals surface area contributed by atoms with Crippen LogP contribution in [0.25, 0.3) is 6.08 Å². The van der Waals surface area contributed by atoms with Gasteiger partial charge in [-0.15, -0.1) is 0 Å². The number of nitrogens with zero attached hydrogens (tertiary/aromatic N) is 1. The van der Waals surface area contributed by atoms with E-state index in [2.05, 4.69) is 15.8 Å². The number of ether oxygens (including phenoxy) is 2. The summed E-state index contributed by atoms with van der Waals surface area (Å²) >= 11 is 0. The summed E-state index contributed by atoms with van der Waals surface area (Å²) in [4.78, 5) is 23.8. The van der Waals surface area contributed by atoms with Gasteiger partial charge in [-0.1, -0.05) is 48.5 Å². The predicted octanol–water partition coefficient (Wildman–Crippen LogP) is 1.76. The van der Waals surface area contributed by atoms with Gasteiger partial charge in [-0.25, -0.2) is 5.43 Å². The van der Waals surface area contributed by atoms with E-state index in [-0.39, 0.29) is 13.2 Å². The van der Waals surface area contributed by atoms with Crippen LogP contribution in [0.15, 0.2) is 65.8 Å². The Morgan fingerprint density at radius 1 is 1.07 bits per heavy atom. The molecule has 138 valence electrons. The molecule has 0 bridgehead atoms. The molecule has 0 aromatic heterocycles. The summed E-state index contributed by atoms with van der Waals surface area (Å²) in [6.07, 6.45) is 4.22. The second-order valence-electron chi connectivity index (χ2n) is 5.66. The molecular formula is C20H19N3O4. The SMILES string of the molecule is O=C(CNC(=O)[C@H]1COc2ccccc2O1)N/N=C\C=C\c1ccccc1. The van der Waals surface area contributed by atoms with Gasteiger partial charge in [0.2, 0.25) is 6.10 Å². The zero-order valence-corrected chi connectivity index (χ0v) is 14.5. The van der Waals surface area contributed by atoms with Gasteiger partial charge >= 0.3 is 0 Å². The van der Waals surface area contributed by atoms with Crippen LogP contribution in [0.4, 0.5) is 0 Å². The Labute approximate surface area is 156 Å². The fraction of sp³-hybridized carbons (Fsp3) is 0.150. The third-order valence-corrected chi connectivity index (χ3v) is 3.66. The van der Waals surface area contributed by atoms with Crippen LogP contribution < -0.4 is 20.2 Å². The molecule has 2 N–H and O–H groups in total. The van der Waals surface area contributed by atoms with Crippen molar-refractivity contribution >= 4 is 24.1 Å². The van der Waals surface area contributed by atoms with Gasteiger partial charge in [-0.3, -0.25) is 9.59 Å². The predicted molar refractivity (Wildman–Crippen MR) is 101 cm³/mol. The zero-order valence-electron chi connectivity index (χ0n) is 14.5. The molecule has 0 unspecified atom stereocenters. The number of hydrazone groups is 1. The van der Waals surface area contributed by atoms with Gasteiger partial charge in [0.15, 0.2) is 11.5 Å². The van der Waals surface area contributed by atoms with Gasteiger partial charge < -0.3 is 14.8 Å². The van der Waals surface area contributed by atoms with Gasteiger partial charge in [0, 0.05) is 6.21 Å². The number of fused-ring (bicyclic) bond motifs is 1. The molecule has 27 heavy (non-hydrogen) atoms. The standard InChI is InChI=1S/C20H19N3O4/c24-19(23-22-12-6-9-15-7-2-1-3-8-15)13-21-20(25)18-14-26-16-10-4-5-11-17(16)27-18/h1-12,18H,13-14H2,(H,21,25)(H,23,24)/b9-6+,22-12-/t18-/m1/s1. The maximum atomic E-state index is 12.1. The highest BCUT2D eigenvalue weighted by Gasteiger charge is 2.27. The Balaban J connectivity index is 1.38. The van der Waals surface area contributed by atoms with Crippen LogP contribution in [0.2, 0.25) is 0 Å². The average Bonchev–Trinajstić information content (AvgIpc) is 2.72. The van der Waals surface area contributed by atoms with E-state index in [9.17, 15) is 9.59 Å². The lowest BCUT2D eigenvalue weighted by molar-refractivity contribution is -0.132. The van der Waals surface area contributed by atoms with Crippen molar-refractivity contribution in [3.8, 4) is 11.5 Å². The van der Waals surface area contributed by atoms with Crippen LogP contribution in [0.3, 0.4) is 0 Å². The Morgan fingerprint density at radius 2 is 1.81 bits per heavy atom. The van der Waals surface area contributed by atoms with Gasteiger partial charge in [0.1, 0.15) is 6.61 Å². The molecule has 1 aliphatic heterocycles. The molecule has 7 heteroatoms. The van der Waals surface area contributed by atoms with E-state index in [1.165, 1.54) is 6.21 Å². The summed E-state index contributed by atoms with van der Waals surface area (Å²) in [6, 6.07) is 16.8. The lowest BCUT2D eigenvalue weighted by atomic mass is 10.2. The molecule has 0 radical (unpaired) electrons. The highest BCUT2D eigenvalue weighted by Crippen LogP contribution is 2.30. The molecule has 1 atom stereocenters. The summed E-state index contributed by atoms with van der Waals surface area (Å²) in [5.41, 5.74) is 3.36. The molecule has 1 heterocycles. The van der Waals surface area contributed by atoms with Crippen LogP contribution in [-0.4, -0.2) is 37.3 Å². The topological polar surface area (TPSA) is 89.0 Å². The van der Waals surface area contributed by atoms with Crippen LogP contribution in [0.5, 0.6) is 11.5 Å². The second-order valence-corrected chi connectivity index (χ2v) is 5.66. The van der Waals surface area contributed by atoms with Crippen LogP contribution in [-0.2, 0) is 9.59 Å². The first-order valence-corrected chi connectivity index (χ1v) is 8.42. The third-order valence-electron chi connectivity index (χ3n) is 3.66. The van der Waals surface area contributed by atoms with Crippen molar-refractivity contribution in [2.45, 2.75) is 6.10 Å². The normalized spacial score (nSPS) is 15.6. The Bertz CT molecular complexity index is 849. The smallest absolute Gasteiger partial charge is 0.265 e. The zero-order chi connectivity index (χ0) is 18.9. The number of amides is 2. The summed E-state index contributed by atoms with van der Waals surface area (Å²) in [7, 11) is 0. The van der Waals surface area contributed by atoms with Gasteiger partial charge in [0.05, 0.1) is 6.54 Å². The van der Waals surface area contributed by atoms with Gasteiger partial charge in [0.25, 0.3) is 11.8 Å². The number of benzene rings is 2. The monoisotopic (exact) mass is 365 g/mol. The molecule has 2 aromatic rings. The van der Waals surface area contributed by atoms with E-state index < -0.39 is 17.9 Å². The van der Waals surface area contributed by atoms with E-state index in [0.29, 0.717) is 11.5 Å². The molecular weight excluding hydrogens is 346 g/mol. The fourth-order valence-electron chi connectivity index (χ4n) is 2.34. The molecule has 0 saturated carbocycles. The average molecular weight is 365 g/mol. The summed E-state index contributed by atoms with van der Waals surface area (Å²) in [6.45, 7) is -0.118. The summed E-state index contributed by atoms with van der Waals surface area (Å²) in [5, 5.41) is 6.29. The first-order chi connectivity index (χ1) is 13.2. The lowest BCUT2D eigenvalue weighted by Crippen LogP contribution is -2.46. The third kappa shape index (κ3) is 5.43. The van der Waals surface area contributed by atoms with Crippen molar-refractivity contribution < 1.29 is 19.1 Å². The van der Waals surface area contributed by atoms with Crippen LogP contribution >= 0.6 is 0 Å². The van der Waals surface area contributed by atoms with Crippen molar-refractivity contribution in [2.75, 3.05) is 13.2 Å². The quantitative estimate of drug-likeness (QED) is 0.603. The molecule has 0 fully saturated rings. The number of nitrogens with one attached hydrogen (secondary N) is 2. The first kappa shape index (κ1) is 18.2. The Morgan fingerprint density at radius 3 is 2.63 bits per heavy atom. The van der Waals surface area contributed by atoms with E-state index >= 15 is 0 Å². The number of carbonyl (C=O) groups excluding carboxylic acids is 2. The van der Waals surface area contributed by atoms with Crippen molar-refractivity contribution in [1.29, 1.82) is 0 Å². The Hall–Kier alpha value is -3.61. The van der Waals surface area contributed by atoms with Crippen molar-refractivity contribution in [2.24, 2.45) is 5.10 Å². The molecule has 0 spiro atoms. The fourth-order valence-corrected chi connectivity index (χ4v) is 2.34. The minimum atomic E-state index is -0.801. The van der Waals surface area contributed by atoms with E-state index in [1.54, 1.807) is 24.3 Å². The van der Waals surface area contributed by atoms with E-state index in [1.807, 2.05) is 42.5 Å².